The largest absolute Gasteiger partial charge is 0.462 e. The van der Waals surface area contributed by atoms with Crippen LogP contribution in [0.25, 0.3) is 0 Å². The first kappa shape index (κ1) is 13.1. The molecule has 0 spiro atoms. The van der Waals surface area contributed by atoms with Gasteiger partial charge in [-0.15, -0.1) is 17.9 Å². The van der Waals surface area contributed by atoms with Crippen molar-refractivity contribution in [2.75, 3.05) is 24.2 Å². The zero-order chi connectivity index (χ0) is 12.8. The van der Waals surface area contributed by atoms with Crippen LogP contribution in [0.5, 0.6) is 0 Å². The molecule has 0 saturated heterocycles. The van der Waals surface area contributed by atoms with Crippen LogP contribution in [0.4, 0.5) is 10.7 Å². The Kier molecular flexibility index (Phi) is 4.55. The van der Waals surface area contributed by atoms with Gasteiger partial charge in [-0.1, -0.05) is 6.08 Å². The number of nitrogens with one attached hydrogen (secondary N) is 1. The Morgan fingerprint density at radius 3 is 3.00 bits per heavy atom. The molecule has 0 amide bonds. The molecule has 6 heteroatoms. The molecule has 0 radical (unpaired) electrons. The lowest BCUT2D eigenvalue weighted by atomic mass is 10.2. The molecule has 0 atom stereocenters. The molecule has 0 bridgehead atoms. The third kappa shape index (κ3) is 2.77. The number of carbonyl (C=O) groups excluding carboxylic acids is 1. The summed E-state index contributed by atoms with van der Waals surface area (Å²) in [7, 11) is 0. The predicted octanol–water partition coefficient (Wildman–Crippen LogP) is 1.98. The zero-order valence-corrected chi connectivity index (χ0v) is 10.3. The number of esters is 1. The maximum atomic E-state index is 11.7. The van der Waals surface area contributed by atoms with Crippen molar-refractivity contribution in [1.29, 1.82) is 5.26 Å². The van der Waals surface area contributed by atoms with Crippen LogP contribution >= 0.6 is 11.3 Å². The van der Waals surface area contributed by atoms with Crippen LogP contribution in [0.15, 0.2) is 12.7 Å². The molecule has 1 aromatic rings. The van der Waals surface area contributed by atoms with Gasteiger partial charge in [0.15, 0.2) is 0 Å². The van der Waals surface area contributed by atoms with Crippen molar-refractivity contribution in [2.45, 2.75) is 6.92 Å². The molecule has 1 rings (SSSR count). The number of nitriles is 1. The van der Waals surface area contributed by atoms with Gasteiger partial charge in [0, 0.05) is 6.54 Å². The van der Waals surface area contributed by atoms with E-state index in [9.17, 15) is 4.79 Å². The van der Waals surface area contributed by atoms with Crippen molar-refractivity contribution in [2.24, 2.45) is 0 Å². The number of anilines is 2. The van der Waals surface area contributed by atoms with Crippen molar-refractivity contribution in [3.05, 3.63) is 23.1 Å². The quantitative estimate of drug-likeness (QED) is 0.617. The van der Waals surface area contributed by atoms with E-state index in [0.29, 0.717) is 16.4 Å². The highest BCUT2D eigenvalue weighted by Crippen LogP contribution is 2.35. The zero-order valence-electron chi connectivity index (χ0n) is 9.45. The van der Waals surface area contributed by atoms with Gasteiger partial charge in [-0.2, -0.15) is 5.26 Å². The number of hydrogen-bond acceptors (Lipinski definition) is 6. The number of thiophene rings is 1. The minimum absolute atomic E-state index is 0.169. The highest BCUT2D eigenvalue weighted by atomic mass is 32.1. The maximum Gasteiger partial charge on any atom is 0.343 e. The number of hydrogen-bond donors (Lipinski definition) is 2. The maximum absolute atomic E-state index is 11.7. The molecule has 0 aromatic carbocycles. The fourth-order valence-electron chi connectivity index (χ4n) is 1.22. The number of nitrogens with two attached hydrogens (primary N) is 1. The monoisotopic (exact) mass is 251 g/mol. The SMILES string of the molecule is C=CCNc1sc(C#N)c(N)c1C(=O)OCC. The van der Waals surface area contributed by atoms with E-state index in [1.807, 2.05) is 6.07 Å². The molecule has 0 aliphatic carbocycles. The fraction of sp³-hybridized carbons (Fsp3) is 0.273. The number of ether oxygens (including phenoxy) is 1. The molecular weight excluding hydrogens is 238 g/mol. The van der Waals surface area contributed by atoms with Crippen molar-refractivity contribution in [3.63, 3.8) is 0 Å². The smallest absolute Gasteiger partial charge is 0.343 e. The summed E-state index contributed by atoms with van der Waals surface area (Å²) in [6.07, 6.45) is 1.65. The molecule has 3 N–H and O–H groups in total. The summed E-state index contributed by atoms with van der Waals surface area (Å²) >= 11 is 1.13. The normalized spacial score (nSPS) is 9.41. The van der Waals surface area contributed by atoms with E-state index in [0.717, 1.165) is 11.3 Å². The van der Waals surface area contributed by atoms with Crippen LogP contribution in [-0.4, -0.2) is 19.1 Å². The highest BCUT2D eigenvalue weighted by Gasteiger charge is 2.22. The van der Waals surface area contributed by atoms with Gasteiger partial charge < -0.3 is 15.8 Å². The first-order valence-corrected chi connectivity index (χ1v) is 5.81. The van der Waals surface area contributed by atoms with Gasteiger partial charge in [-0.3, -0.25) is 0 Å². The molecule has 1 heterocycles. The van der Waals surface area contributed by atoms with Crippen molar-refractivity contribution in [1.82, 2.24) is 0 Å². The van der Waals surface area contributed by atoms with Crippen LogP contribution in [-0.2, 0) is 4.74 Å². The second-order valence-corrected chi connectivity index (χ2v) is 4.07. The van der Waals surface area contributed by atoms with E-state index in [-0.39, 0.29) is 17.9 Å². The number of nitrogens with zero attached hydrogens (tertiary/aromatic N) is 1. The number of carbonyl (C=O) groups is 1. The Morgan fingerprint density at radius 1 is 1.76 bits per heavy atom. The van der Waals surface area contributed by atoms with E-state index < -0.39 is 5.97 Å². The standard InChI is InChI=1S/C11H13N3O2S/c1-3-5-14-10-8(11(15)16-4-2)9(13)7(6-12)17-10/h3,14H,1,4-5,13H2,2H3. The van der Waals surface area contributed by atoms with E-state index in [2.05, 4.69) is 11.9 Å². The van der Waals surface area contributed by atoms with Gasteiger partial charge in [0.25, 0.3) is 0 Å². The summed E-state index contributed by atoms with van der Waals surface area (Å²) in [5, 5.41) is 12.4. The number of rotatable bonds is 5. The summed E-state index contributed by atoms with van der Waals surface area (Å²) in [6.45, 7) is 6.02. The van der Waals surface area contributed by atoms with Crippen molar-refractivity contribution < 1.29 is 9.53 Å². The number of nitrogen functional groups attached to an aromatic ring is 1. The Bertz CT molecular complexity index is 474. The minimum atomic E-state index is -0.519. The lowest BCUT2D eigenvalue weighted by Crippen LogP contribution is -2.09. The second kappa shape index (κ2) is 5.92. The molecule has 5 nitrogen and oxygen atoms in total. The van der Waals surface area contributed by atoms with E-state index in [1.54, 1.807) is 13.0 Å². The molecule has 0 aliphatic heterocycles. The lowest BCUT2D eigenvalue weighted by molar-refractivity contribution is 0.0529. The fourth-order valence-corrected chi connectivity index (χ4v) is 2.13. The first-order chi connectivity index (χ1) is 8.15. The minimum Gasteiger partial charge on any atom is -0.462 e. The molecule has 90 valence electrons. The third-order valence-corrected chi connectivity index (χ3v) is 3.00. The molecule has 1 aromatic heterocycles. The van der Waals surface area contributed by atoms with E-state index in [1.165, 1.54) is 0 Å². The van der Waals surface area contributed by atoms with Gasteiger partial charge in [0.05, 0.1) is 12.3 Å². The van der Waals surface area contributed by atoms with Crippen LogP contribution in [0.2, 0.25) is 0 Å². The molecule has 0 aliphatic rings. The average molecular weight is 251 g/mol. The lowest BCUT2D eigenvalue weighted by Gasteiger charge is -2.05. The van der Waals surface area contributed by atoms with Gasteiger partial charge in [0.1, 0.15) is 21.5 Å². The van der Waals surface area contributed by atoms with Crippen molar-refractivity contribution in [3.8, 4) is 6.07 Å². The molecule has 17 heavy (non-hydrogen) atoms. The second-order valence-electron chi connectivity index (χ2n) is 3.05. The predicted molar refractivity (Wildman–Crippen MR) is 68.1 cm³/mol. The molecule has 0 fully saturated rings. The first-order valence-electron chi connectivity index (χ1n) is 4.99. The average Bonchev–Trinajstić information content (AvgIpc) is 2.63. The van der Waals surface area contributed by atoms with Crippen molar-refractivity contribution >= 4 is 28.0 Å². The van der Waals surface area contributed by atoms with Crippen LogP contribution in [0.1, 0.15) is 22.2 Å². The third-order valence-electron chi connectivity index (χ3n) is 1.93. The Morgan fingerprint density at radius 2 is 2.47 bits per heavy atom. The van der Waals surface area contributed by atoms with Gasteiger partial charge in [-0.25, -0.2) is 4.79 Å². The summed E-state index contributed by atoms with van der Waals surface area (Å²) in [5.41, 5.74) is 6.14. The van der Waals surface area contributed by atoms with Crippen LogP contribution in [0.3, 0.4) is 0 Å². The van der Waals surface area contributed by atoms with Gasteiger partial charge in [0.2, 0.25) is 0 Å². The van der Waals surface area contributed by atoms with Gasteiger partial charge in [-0.05, 0) is 6.92 Å². The van der Waals surface area contributed by atoms with E-state index in [4.69, 9.17) is 15.7 Å². The Balaban J connectivity index is 3.14. The Labute approximate surface area is 103 Å². The summed E-state index contributed by atoms with van der Waals surface area (Å²) in [5.74, 6) is -0.519. The topological polar surface area (TPSA) is 88.1 Å². The summed E-state index contributed by atoms with van der Waals surface area (Å²) in [4.78, 5) is 12.0. The van der Waals surface area contributed by atoms with Gasteiger partial charge >= 0.3 is 5.97 Å². The molecule has 0 saturated carbocycles. The summed E-state index contributed by atoms with van der Waals surface area (Å²) in [6, 6.07) is 1.95. The van der Waals surface area contributed by atoms with Crippen LogP contribution < -0.4 is 11.1 Å². The highest BCUT2D eigenvalue weighted by molar-refractivity contribution is 7.17. The molecular formula is C11H13N3O2S. The Hall–Kier alpha value is -2.00. The van der Waals surface area contributed by atoms with Crippen LogP contribution in [0, 0.1) is 11.3 Å². The summed E-state index contributed by atoms with van der Waals surface area (Å²) < 4.78 is 4.90. The molecule has 0 unspecified atom stereocenters. The van der Waals surface area contributed by atoms with E-state index >= 15 is 0 Å².